The summed E-state index contributed by atoms with van der Waals surface area (Å²) >= 11 is 6.45. The standard InChI is InChI=1S/C34H38ClN5O6S/c1-21-8-11-26(12-9-21)47(43,44)40-29-13-10-23(35)17-27(29)28-18-24(38-25-19-37-39(20-25)32(42)46-34(5,6)7)16-22(30(28)40)14-15-36-31(41)45-33(2,3)4/h8-13,16-20,38H,14-15H2,1-7H3,(H,36,41). The van der Waals surface area contributed by atoms with Crippen LogP contribution in [0, 0.1) is 6.92 Å². The van der Waals surface area contributed by atoms with Crippen LogP contribution in [0.4, 0.5) is 21.0 Å². The summed E-state index contributed by atoms with van der Waals surface area (Å²) in [5, 5.41) is 11.9. The average molecular weight is 680 g/mol. The molecule has 0 fully saturated rings. The number of alkyl carbamates (subject to hydrolysis) is 1. The van der Waals surface area contributed by atoms with Gasteiger partial charge in [0, 0.05) is 28.0 Å². The third-order valence-electron chi connectivity index (χ3n) is 6.93. The summed E-state index contributed by atoms with van der Waals surface area (Å²) < 4.78 is 41.9. The van der Waals surface area contributed by atoms with Gasteiger partial charge in [0.2, 0.25) is 0 Å². The lowest BCUT2D eigenvalue weighted by Gasteiger charge is -2.20. The molecule has 5 aromatic rings. The van der Waals surface area contributed by atoms with E-state index in [4.69, 9.17) is 21.1 Å². The van der Waals surface area contributed by atoms with Crippen molar-refractivity contribution in [2.75, 3.05) is 11.9 Å². The number of hydrogen-bond donors (Lipinski definition) is 2. The summed E-state index contributed by atoms with van der Waals surface area (Å²) in [6, 6.07) is 15.4. The van der Waals surface area contributed by atoms with Crippen LogP contribution < -0.4 is 10.6 Å². The molecule has 0 aliphatic carbocycles. The van der Waals surface area contributed by atoms with Crippen molar-refractivity contribution in [2.45, 2.75) is 71.0 Å². The van der Waals surface area contributed by atoms with Crippen LogP contribution in [0.1, 0.15) is 52.7 Å². The van der Waals surface area contributed by atoms with E-state index in [9.17, 15) is 18.0 Å². The summed E-state index contributed by atoms with van der Waals surface area (Å²) in [4.78, 5) is 25.2. The first-order chi connectivity index (χ1) is 21.9. The molecule has 0 radical (unpaired) electrons. The van der Waals surface area contributed by atoms with E-state index in [2.05, 4.69) is 15.7 Å². The summed E-state index contributed by atoms with van der Waals surface area (Å²) in [5.41, 5.74) is 2.17. The Hall–Kier alpha value is -4.55. The molecular weight excluding hydrogens is 642 g/mol. The van der Waals surface area contributed by atoms with Gasteiger partial charge >= 0.3 is 12.2 Å². The highest BCUT2D eigenvalue weighted by molar-refractivity contribution is 7.90. The first kappa shape index (κ1) is 33.8. The first-order valence-electron chi connectivity index (χ1n) is 15.0. The number of aryl methyl sites for hydroxylation is 1. The molecule has 11 nitrogen and oxygen atoms in total. The topological polar surface area (TPSA) is 134 Å². The minimum absolute atomic E-state index is 0.131. The molecule has 0 unspecified atom stereocenters. The van der Waals surface area contributed by atoms with Gasteiger partial charge in [-0.2, -0.15) is 9.78 Å². The molecule has 2 heterocycles. The molecule has 47 heavy (non-hydrogen) atoms. The Morgan fingerprint density at radius 3 is 2.23 bits per heavy atom. The smallest absolute Gasteiger partial charge is 0.435 e. The molecule has 5 rings (SSSR count). The Kier molecular flexibility index (Phi) is 9.04. The molecule has 0 spiro atoms. The predicted octanol–water partition coefficient (Wildman–Crippen LogP) is 7.78. The Morgan fingerprint density at radius 2 is 1.57 bits per heavy atom. The van der Waals surface area contributed by atoms with Gasteiger partial charge in [-0.25, -0.2) is 22.0 Å². The van der Waals surface area contributed by atoms with Crippen LogP contribution >= 0.6 is 11.6 Å². The Bertz CT molecular complexity index is 2090. The number of carbonyl (C=O) groups is 2. The van der Waals surface area contributed by atoms with Crippen LogP contribution in [-0.2, 0) is 25.9 Å². The van der Waals surface area contributed by atoms with Gasteiger partial charge in [0.05, 0.1) is 34.0 Å². The summed E-state index contributed by atoms with van der Waals surface area (Å²) in [7, 11) is -4.08. The van der Waals surface area contributed by atoms with E-state index in [0.29, 0.717) is 43.8 Å². The quantitative estimate of drug-likeness (QED) is 0.178. The van der Waals surface area contributed by atoms with E-state index in [1.807, 2.05) is 19.1 Å². The molecule has 3 aromatic carbocycles. The molecule has 248 valence electrons. The number of ether oxygens (including phenoxy) is 2. The van der Waals surface area contributed by atoms with Crippen LogP contribution in [0.15, 0.2) is 71.9 Å². The Balaban J connectivity index is 1.64. The minimum atomic E-state index is -4.08. The number of anilines is 2. The predicted molar refractivity (Wildman–Crippen MR) is 183 cm³/mol. The van der Waals surface area contributed by atoms with E-state index < -0.39 is 33.4 Å². The zero-order valence-electron chi connectivity index (χ0n) is 27.3. The molecule has 0 bridgehead atoms. The summed E-state index contributed by atoms with van der Waals surface area (Å²) in [6.45, 7) is 12.7. The van der Waals surface area contributed by atoms with Crippen molar-refractivity contribution in [3.05, 3.63) is 83.1 Å². The maximum Gasteiger partial charge on any atom is 0.435 e. The highest BCUT2D eigenvalue weighted by Crippen LogP contribution is 2.38. The molecule has 2 N–H and O–H groups in total. The number of halogens is 1. The van der Waals surface area contributed by atoms with Gasteiger partial charge in [0.15, 0.2) is 0 Å². The van der Waals surface area contributed by atoms with Gasteiger partial charge in [0.25, 0.3) is 10.0 Å². The first-order valence-corrected chi connectivity index (χ1v) is 16.8. The fourth-order valence-electron chi connectivity index (χ4n) is 5.07. The molecule has 2 aromatic heterocycles. The monoisotopic (exact) mass is 679 g/mol. The fraction of sp³-hybridized carbons (Fsp3) is 0.324. The SMILES string of the molecule is Cc1ccc(S(=O)(=O)n2c3ccc(Cl)cc3c3cc(Nc4cnn(C(=O)OC(C)(C)C)c4)cc(CCNC(=O)OC(C)(C)C)c32)cc1. The number of nitrogens with one attached hydrogen (secondary N) is 2. The van der Waals surface area contributed by atoms with Crippen molar-refractivity contribution < 1.29 is 27.5 Å². The normalized spacial score (nSPS) is 12.3. The molecule has 0 saturated heterocycles. The average Bonchev–Trinajstić information content (AvgIpc) is 3.54. The number of carbonyl (C=O) groups excluding carboxylic acids is 2. The molecule has 1 amide bonds. The van der Waals surface area contributed by atoms with E-state index in [1.54, 1.807) is 84.0 Å². The van der Waals surface area contributed by atoms with Gasteiger partial charge in [-0.15, -0.1) is 0 Å². The third-order valence-corrected chi connectivity index (χ3v) is 8.90. The molecular formula is C34H38ClN5O6S. The van der Waals surface area contributed by atoms with Crippen LogP contribution in [0.5, 0.6) is 0 Å². The van der Waals surface area contributed by atoms with Crippen molar-refractivity contribution in [3.8, 4) is 0 Å². The Labute approximate surface area is 278 Å². The van der Waals surface area contributed by atoms with Crippen molar-refractivity contribution in [2.24, 2.45) is 0 Å². The lowest BCUT2D eigenvalue weighted by atomic mass is 10.0. The maximum atomic E-state index is 14.3. The highest BCUT2D eigenvalue weighted by atomic mass is 35.5. The van der Waals surface area contributed by atoms with Crippen LogP contribution in [0.3, 0.4) is 0 Å². The zero-order valence-corrected chi connectivity index (χ0v) is 28.9. The molecule has 0 atom stereocenters. The van der Waals surface area contributed by atoms with E-state index in [1.165, 1.54) is 16.4 Å². The second-order valence-corrected chi connectivity index (χ2v) is 15.5. The number of nitrogens with zero attached hydrogens (tertiary/aromatic N) is 3. The maximum absolute atomic E-state index is 14.3. The lowest BCUT2D eigenvalue weighted by Crippen LogP contribution is -2.33. The van der Waals surface area contributed by atoms with Crippen LogP contribution in [0.2, 0.25) is 5.02 Å². The van der Waals surface area contributed by atoms with Crippen LogP contribution in [0.25, 0.3) is 21.8 Å². The second-order valence-electron chi connectivity index (χ2n) is 13.2. The number of hydrogen-bond acceptors (Lipinski definition) is 8. The lowest BCUT2D eigenvalue weighted by molar-refractivity contribution is 0.0508. The van der Waals surface area contributed by atoms with E-state index in [0.717, 1.165) is 10.2 Å². The van der Waals surface area contributed by atoms with E-state index >= 15 is 0 Å². The molecule has 0 aliphatic heterocycles. The van der Waals surface area contributed by atoms with Crippen molar-refractivity contribution in [1.29, 1.82) is 0 Å². The van der Waals surface area contributed by atoms with Crippen molar-refractivity contribution >= 4 is 67.0 Å². The zero-order chi connectivity index (χ0) is 34.3. The highest BCUT2D eigenvalue weighted by Gasteiger charge is 2.26. The Morgan fingerprint density at radius 1 is 0.894 bits per heavy atom. The van der Waals surface area contributed by atoms with Gasteiger partial charge in [0.1, 0.15) is 11.2 Å². The summed E-state index contributed by atoms with van der Waals surface area (Å²) in [6.07, 6.45) is 2.03. The number of benzene rings is 3. The second kappa shape index (κ2) is 12.6. The van der Waals surface area contributed by atoms with E-state index in [-0.39, 0.29) is 17.9 Å². The van der Waals surface area contributed by atoms with Crippen molar-refractivity contribution in [1.82, 2.24) is 19.1 Å². The molecule has 0 saturated carbocycles. The van der Waals surface area contributed by atoms with Gasteiger partial charge < -0.3 is 20.1 Å². The molecule has 13 heteroatoms. The third kappa shape index (κ3) is 7.71. The molecule has 0 aliphatic rings. The number of rotatable bonds is 7. The van der Waals surface area contributed by atoms with Gasteiger partial charge in [-0.05, 0) is 103 Å². The van der Waals surface area contributed by atoms with Gasteiger partial charge in [-0.1, -0.05) is 29.3 Å². The summed E-state index contributed by atoms with van der Waals surface area (Å²) in [5.74, 6) is 0. The number of aromatic nitrogens is 3. The minimum Gasteiger partial charge on any atom is -0.444 e. The largest absolute Gasteiger partial charge is 0.444 e. The van der Waals surface area contributed by atoms with Gasteiger partial charge in [-0.3, -0.25) is 0 Å². The van der Waals surface area contributed by atoms with Crippen LogP contribution in [-0.4, -0.2) is 52.1 Å². The number of fused-ring (bicyclic) bond motifs is 3. The van der Waals surface area contributed by atoms with Crippen molar-refractivity contribution in [3.63, 3.8) is 0 Å². The number of amides is 1. The fourth-order valence-corrected chi connectivity index (χ4v) is 6.80.